The highest BCUT2D eigenvalue weighted by molar-refractivity contribution is 5.76. The van der Waals surface area contributed by atoms with Crippen LogP contribution in [-0.2, 0) is 29.6 Å². The number of fused-ring (bicyclic) bond motifs is 1. The van der Waals surface area contributed by atoms with E-state index in [0.717, 1.165) is 53.9 Å². The number of carboxylic acids is 1. The molecule has 0 fully saturated rings. The number of benzene rings is 1. The zero-order chi connectivity index (χ0) is 17.3. The van der Waals surface area contributed by atoms with E-state index >= 15 is 0 Å². The molecule has 1 unspecified atom stereocenters. The Labute approximate surface area is 141 Å². The summed E-state index contributed by atoms with van der Waals surface area (Å²) in [7, 11) is 1.62. The second kappa shape index (κ2) is 6.26. The Bertz CT molecular complexity index is 745. The number of aromatic nitrogens is 3. The van der Waals surface area contributed by atoms with E-state index < -0.39 is 11.5 Å². The van der Waals surface area contributed by atoms with Crippen LogP contribution >= 0.6 is 0 Å². The predicted molar refractivity (Wildman–Crippen MR) is 89.4 cm³/mol. The predicted octanol–water partition coefficient (Wildman–Crippen LogP) is 2.52. The summed E-state index contributed by atoms with van der Waals surface area (Å²) in [5.74, 6) is -0.161. The summed E-state index contributed by atoms with van der Waals surface area (Å²) in [5.41, 5.74) is 2.63. The Morgan fingerprint density at radius 2 is 1.92 bits per heavy atom. The van der Waals surface area contributed by atoms with Crippen LogP contribution in [0.5, 0.6) is 5.75 Å². The minimum atomic E-state index is -1.21. The Morgan fingerprint density at radius 1 is 1.29 bits per heavy atom. The largest absolute Gasteiger partial charge is 0.497 e. The molecule has 0 spiro atoms. The van der Waals surface area contributed by atoms with E-state index in [1.807, 2.05) is 25.1 Å². The average Bonchev–Trinajstić information content (AvgIpc) is 3.01. The van der Waals surface area contributed by atoms with Gasteiger partial charge in [-0.2, -0.15) is 15.0 Å². The summed E-state index contributed by atoms with van der Waals surface area (Å²) < 4.78 is 5.22. The molecular weight excluding hydrogens is 306 g/mol. The molecule has 1 aromatic carbocycles. The van der Waals surface area contributed by atoms with Crippen molar-refractivity contribution in [3.8, 4) is 5.75 Å². The van der Waals surface area contributed by atoms with Crippen LogP contribution < -0.4 is 4.74 Å². The fourth-order valence-corrected chi connectivity index (χ4v) is 3.16. The van der Waals surface area contributed by atoms with Crippen molar-refractivity contribution in [3.05, 3.63) is 40.7 Å². The molecule has 128 valence electrons. The first-order chi connectivity index (χ1) is 11.4. The fraction of sp³-hybridized carbons (Fsp3) is 0.500. The van der Waals surface area contributed by atoms with Gasteiger partial charge in [0.25, 0.3) is 0 Å². The van der Waals surface area contributed by atoms with Crippen molar-refractivity contribution in [2.24, 2.45) is 0 Å². The van der Waals surface area contributed by atoms with E-state index in [4.69, 9.17) is 4.74 Å². The summed E-state index contributed by atoms with van der Waals surface area (Å²) in [5, 5.41) is 18.9. The van der Waals surface area contributed by atoms with Gasteiger partial charge in [0.2, 0.25) is 0 Å². The number of aliphatic carboxylic acids is 1. The van der Waals surface area contributed by atoms with Gasteiger partial charge in [-0.05, 0) is 62.8 Å². The third-order valence-electron chi connectivity index (χ3n) is 4.83. The standard InChI is InChI=1S/C18H23N3O3/c1-12-10-14(24-3)9-8-13(12)11-18(2,17(22)23)21-19-15-6-4-5-7-16(15)20-21/h8-10H,4-7,11H2,1-3H3,(H,22,23). The molecular formula is C18H23N3O3. The highest BCUT2D eigenvalue weighted by Gasteiger charge is 2.39. The van der Waals surface area contributed by atoms with E-state index in [-0.39, 0.29) is 0 Å². The minimum absolute atomic E-state index is 0.325. The van der Waals surface area contributed by atoms with Crippen molar-refractivity contribution in [1.29, 1.82) is 0 Å². The molecule has 1 atom stereocenters. The summed E-state index contributed by atoms with van der Waals surface area (Å²) in [6.45, 7) is 3.64. The van der Waals surface area contributed by atoms with Gasteiger partial charge in [-0.15, -0.1) is 0 Å². The van der Waals surface area contributed by atoms with E-state index in [2.05, 4.69) is 10.2 Å². The molecule has 1 aliphatic carbocycles. The van der Waals surface area contributed by atoms with Crippen LogP contribution in [0, 0.1) is 6.92 Å². The van der Waals surface area contributed by atoms with Gasteiger partial charge in [-0.3, -0.25) is 0 Å². The van der Waals surface area contributed by atoms with Crippen molar-refractivity contribution < 1.29 is 14.6 Å². The molecule has 0 aliphatic heterocycles. The maximum absolute atomic E-state index is 12.0. The topological polar surface area (TPSA) is 77.2 Å². The van der Waals surface area contributed by atoms with Crippen LogP contribution in [0.4, 0.5) is 0 Å². The molecule has 0 saturated heterocycles. The van der Waals surface area contributed by atoms with Crippen molar-refractivity contribution >= 4 is 5.97 Å². The Balaban J connectivity index is 1.96. The molecule has 24 heavy (non-hydrogen) atoms. The van der Waals surface area contributed by atoms with E-state index in [1.54, 1.807) is 14.0 Å². The zero-order valence-corrected chi connectivity index (χ0v) is 14.4. The summed E-state index contributed by atoms with van der Waals surface area (Å²) in [4.78, 5) is 13.5. The van der Waals surface area contributed by atoms with Crippen molar-refractivity contribution in [1.82, 2.24) is 15.0 Å². The number of aryl methyl sites for hydroxylation is 3. The number of carbonyl (C=O) groups is 1. The lowest BCUT2D eigenvalue weighted by Gasteiger charge is -2.25. The van der Waals surface area contributed by atoms with Gasteiger partial charge in [-0.1, -0.05) is 6.07 Å². The third kappa shape index (κ3) is 2.88. The smallest absolute Gasteiger partial charge is 0.333 e. The molecule has 1 N–H and O–H groups in total. The maximum Gasteiger partial charge on any atom is 0.333 e. The molecule has 2 aromatic rings. The molecule has 6 heteroatoms. The quantitative estimate of drug-likeness (QED) is 0.912. The van der Waals surface area contributed by atoms with Gasteiger partial charge in [-0.25, -0.2) is 4.79 Å². The zero-order valence-electron chi connectivity index (χ0n) is 14.4. The summed E-state index contributed by atoms with van der Waals surface area (Å²) in [6.07, 6.45) is 4.27. The minimum Gasteiger partial charge on any atom is -0.497 e. The number of nitrogens with zero attached hydrogens (tertiary/aromatic N) is 3. The van der Waals surface area contributed by atoms with Gasteiger partial charge < -0.3 is 9.84 Å². The second-order valence-corrected chi connectivity index (χ2v) is 6.64. The second-order valence-electron chi connectivity index (χ2n) is 6.64. The SMILES string of the molecule is COc1ccc(CC(C)(C(=O)O)n2nc3c(n2)CCCC3)c(C)c1. The van der Waals surface area contributed by atoms with Crippen LogP contribution in [0.2, 0.25) is 0 Å². The highest BCUT2D eigenvalue weighted by atomic mass is 16.5. The number of methoxy groups -OCH3 is 1. The van der Waals surface area contributed by atoms with Crippen LogP contribution in [0.25, 0.3) is 0 Å². The van der Waals surface area contributed by atoms with Crippen molar-refractivity contribution in [2.45, 2.75) is 51.5 Å². The lowest BCUT2D eigenvalue weighted by atomic mass is 9.91. The Hall–Kier alpha value is -2.37. The van der Waals surface area contributed by atoms with Gasteiger partial charge in [0.05, 0.1) is 18.5 Å². The van der Waals surface area contributed by atoms with E-state index in [9.17, 15) is 9.90 Å². The van der Waals surface area contributed by atoms with Crippen LogP contribution in [0.15, 0.2) is 18.2 Å². The number of rotatable bonds is 5. The van der Waals surface area contributed by atoms with Crippen molar-refractivity contribution in [3.63, 3.8) is 0 Å². The molecule has 1 heterocycles. The summed E-state index contributed by atoms with van der Waals surface area (Å²) >= 11 is 0. The van der Waals surface area contributed by atoms with Crippen LogP contribution in [0.1, 0.15) is 42.3 Å². The normalized spacial score (nSPS) is 16.3. The number of ether oxygens (including phenoxy) is 1. The van der Waals surface area contributed by atoms with Gasteiger partial charge in [0.1, 0.15) is 5.75 Å². The maximum atomic E-state index is 12.0. The fourth-order valence-electron chi connectivity index (χ4n) is 3.16. The molecule has 0 saturated carbocycles. The molecule has 0 bridgehead atoms. The van der Waals surface area contributed by atoms with Crippen LogP contribution in [0.3, 0.4) is 0 Å². The van der Waals surface area contributed by atoms with Gasteiger partial charge in [0, 0.05) is 6.42 Å². The molecule has 3 rings (SSSR count). The number of hydrogen-bond donors (Lipinski definition) is 1. The molecule has 0 amide bonds. The first-order valence-electron chi connectivity index (χ1n) is 8.26. The first kappa shape index (κ1) is 16.5. The highest BCUT2D eigenvalue weighted by Crippen LogP contribution is 2.27. The molecule has 1 aromatic heterocycles. The Morgan fingerprint density at radius 3 is 2.42 bits per heavy atom. The average molecular weight is 329 g/mol. The van der Waals surface area contributed by atoms with Crippen LogP contribution in [-0.4, -0.2) is 33.2 Å². The first-order valence-corrected chi connectivity index (χ1v) is 8.26. The van der Waals surface area contributed by atoms with Gasteiger partial charge >= 0.3 is 5.97 Å². The van der Waals surface area contributed by atoms with Gasteiger partial charge in [0.15, 0.2) is 5.54 Å². The summed E-state index contributed by atoms with van der Waals surface area (Å²) in [6, 6.07) is 5.68. The third-order valence-corrected chi connectivity index (χ3v) is 4.83. The Kier molecular flexibility index (Phi) is 4.30. The molecule has 0 radical (unpaired) electrons. The van der Waals surface area contributed by atoms with Crippen molar-refractivity contribution in [2.75, 3.05) is 7.11 Å². The molecule has 1 aliphatic rings. The lowest BCUT2D eigenvalue weighted by Crippen LogP contribution is -2.43. The number of carboxylic acid groups (broad SMARTS) is 1. The van der Waals surface area contributed by atoms with E-state index in [1.165, 1.54) is 4.80 Å². The number of hydrogen-bond acceptors (Lipinski definition) is 4. The lowest BCUT2D eigenvalue weighted by molar-refractivity contribution is -0.147. The molecule has 6 nitrogen and oxygen atoms in total. The van der Waals surface area contributed by atoms with E-state index in [0.29, 0.717) is 6.42 Å². The monoisotopic (exact) mass is 329 g/mol.